The van der Waals surface area contributed by atoms with E-state index in [-0.39, 0.29) is 0 Å². The molecule has 0 radical (unpaired) electrons. The summed E-state index contributed by atoms with van der Waals surface area (Å²) in [6, 6.07) is 2.58. The Balaban J connectivity index is 2.10. The maximum absolute atomic E-state index is 5.71. The van der Waals surface area contributed by atoms with Gasteiger partial charge >= 0.3 is 0 Å². The zero-order chi connectivity index (χ0) is 12.3. The first-order chi connectivity index (χ1) is 8.22. The number of thiophene rings is 1. The highest BCUT2D eigenvalue weighted by Gasteiger charge is 2.31. The lowest BCUT2D eigenvalue weighted by atomic mass is 9.95. The van der Waals surface area contributed by atoms with Crippen molar-refractivity contribution >= 4 is 27.3 Å². The van der Waals surface area contributed by atoms with Crippen LogP contribution < -0.4 is 5.32 Å². The fraction of sp³-hybridized carbons (Fsp3) is 0.692. The Kier molecular flexibility index (Phi) is 5.03. The first-order valence-corrected chi connectivity index (χ1v) is 7.97. The van der Waals surface area contributed by atoms with Gasteiger partial charge in [-0.05, 0) is 53.7 Å². The third-order valence-electron chi connectivity index (χ3n) is 3.24. The molecule has 1 aliphatic heterocycles. The van der Waals surface area contributed by atoms with Crippen LogP contribution in [0.5, 0.6) is 0 Å². The minimum Gasteiger partial charge on any atom is -0.378 e. The molecule has 2 rings (SSSR count). The number of halogens is 1. The van der Waals surface area contributed by atoms with Gasteiger partial charge in [0.1, 0.15) is 0 Å². The largest absolute Gasteiger partial charge is 0.378 e. The van der Waals surface area contributed by atoms with E-state index in [4.69, 9.17) is 4.74 Å². The summed E-state index contributed by atoms with van der Waals surface area (Å²) in [7, 11) is 0. The fourth-order valence-corrected chi connectivity index (χ4v) is 4.17. The van der Waals surface area contributed by atoms with E-state index in [1.165, 1.54) is 15.8 Å². The second-order valence-corrected chi connectivity index (χ2v) is 6.51. The van der Waals surface area contributed by atoms with Crippen molar-refractivity contribution in [3.05, 3.63) is 20.8 Å². The van der Waals surface area contributed by atoms with E-state index in [1.807, 2.05) is 11.3 Å². The van der Waals surface area contributed by atoms with Gasteiger partial charge in [0.05, 0.1) is 12.7 Å². The predicted octanol–water partition coefficient (Wildman–Crippen LogP) is 3.98. The summed E-state index contributed by atoms with van der Waals surface area (Å²) in [6.07, 6.45) is 2.73. The molecule has 96 valence electrons. The molecule has 1 saturated heterocycles. The zero-order valence-corrected chi connectivity index (χ0v) is 12.8. The van der Waals surface area contributed by atoms with Crippen molar-refractivity contribution in [1.82, 2.24) is 5.32 Å². The zero-order valence-electron chi connectivity index (χ0n) is 10.4. The van der Waals surface area contributed by atoms with Crippen LogP contribution in [0.3, 0.4) is 0 Å². The predicted molar refractivity (Wildman–Crippen MR) is 76.6 cm³/mol. The normalized spacial score (nSPS) is 26.3. The lowest BCUT2D eigenvalue weighted by Crippen LogP contribution is -2.29. The Morgan fingerprint density at radius 3 is 3.00 bits per heavy atom. The van der Waals surface area contributed by atoms with Gasteiger partial charge < -0.3 is 10.1 Å². The van der Waals surface area contributed by atoms with E-state index < -0.39 is 0 Å². The summed E-state index contributed by atoms with van der Waals surface area (Å²) >= 11 is 5.48. The summed E-state index contributed by atoms with van der Waals surface area (Å²) in [5.74, 6) is 0.603. The van der Waals surface area contributed by atoms with Crippen molar-refractivity contribution in [3.63, 3.8) is 0 Å². The molecule has 1 aromatic rings. The quantitative estimate of drug-likeness (QED) is 0.887. The van der Waals surface area contributed by atoms with Gasteiger partial charge in [0, 0.05) is 21.3 Å². The topological polar surface area (TPSA) is 21.3 Å². The lowest BCUT2D eigenvalue weighted by molar-refractivity contribution is 0.117. The third kappa shape index (κ3) is 3.31. The summed E-state index contributed by atoms with van der Waals surface area (Å²) in [4.78, 5) is 1.42. The van der Waals surface area contributed by atoms with Crippen molar-refractivity contribution in [2.45, 2.75) is 38.8 Å². The van der Waals surface area contributed by atoms with Crippen LogP contribution in [0.15, 0.2) is 15.9 Å². The molecule has 1 N–H and O–H groups in total. The molecule has 0 amide bonds. The highest BCUT2D eigenvalue weighted by Crippen LogP contribution is 2.37. The van der Waals surface area contributed by atoms with Gasteiger partial charge in [-0.2, -0.15) is 0 Å². The molecule has 0 spiro atoms. The maximum atomic E-state index is 5.71. The van der Waals surface area contributed by atoms with Crippen molar-refractivity contribution in [2.24, 2.45) is 5.92 Å². The Hall–Kier alpha value is 0.1000. The first kappa shape index (κ1) is 13.5. The Morgan fingerprint density at radius 1 is 1.65 bits per heavy atom. The molecule has 17 heavy (non-hydrogen) atoms. The van der Waals surface area contributed by atoms with Crippen molar-refractivity contribution in [1.29, 1.82) is 0 Å². The van der Waals surface area contributed by atoms with E-state index in [9.17, 15) is 0 Å². The van der Waals surface area contributed by atoms with E-state index in [0.29, 0.717) is 18.1 Å². The van der Waals surface area contributed by atoms with Crippen molar-refractivity contribution in [3.8, 4) is 0 Å². The summed E-state index contributed by atoms with van der Waals surface area (Å²) in [6.45, 7) is 6.33. The van der Waals surface area contributed by atoms with Gasteiger partial charge in [-0.15, -0.1) is 11.3 Å². The molecule has 0 aromatic carbocycles. The first-order valence-electron chi connectivity index (χ1n) is 6.30. The van der Waals surface area contributed by atoms with Crippen molar-refractivity contribution in [2.75, 3.05) is 13.2 Å². The Labute approximate surface area is 116 Å². The fourth-order valence-electron chi connectivity index (χ4n) is 2.38. The number of ether oxygens (including phenoxy) is 1. The summed E-state index contributed by atoms with van der Waals surface area (Å²) in [5.41, 5.74) is 0. The molecule has 4 heteroatoms. The molecule has 0 bridgehead atoms. The molecular formula is C13H20BrNOS. The monoisotopic (exact) mass is 317 g/mol. The number of nitrogens with one attached hydrogen (secondary N) is 1. The van der Waals surface area contributed by atoms with Crippen LogP contribution in [-0.2, 0) is 4.74 Å². The molecule has 2 heterocycles. The van der Waals surface area contributed by atoms with Crippen LogP contribution in [0.1, 0.15) is 37.6 Å². The molecule has 1 fully saturated rings. The summed E-state index contributed by atoms with van der Waals surface area (Å²) < 4.78 is 6.95. The van der Waals surface area contributed by atoms with Crippen LogP contribution in [-0.4, -0.2) is 19.3 Å². The molecule has 1 aromatic heterocycles. The Morgan fingerprint density at radius 2 is 2.47 bits per heavy atom. The molecule has 0 aliphatic carbocycles. The van der Waals surface area contributed by atoms with E-state index in [2.05, 4.69) is 46.5 Å². The minimum atomic E-state index is 0.407. The van der Waals surface area contributed by atoms with Gasteiger partial charge in [0.2, 0.25) is 0 Å². The van der Waals surface area contributed by atoms with Crippen LogP contribution in [0.25, 0.3) is 0 Å². The Bertz CT molecular complexity index is 355. The van der Waals surface area contributed by atoms with Crippen LogP contribution in [0.2, 0.25) is 0 Å². The van der Waals surface area contributed by atoms with Crippen LogP contribution in [0.4, 0.5) is 0 Å². The molecule has 1 aliphatic rings. The van der Waals surface area contributed by atoms with Gasteiger partial charge in [-0.25, -0.2) is 0 Å². The van der Waals surface area contributed by atoms with Gasteiger partial charge in [0.15, 0.2) is 0 Å². The second-order valence-electron chi connectivity index (χ2n) is 4.70. The number of rotatable bonds is 5. The highest BCUT2D eigenvalue weighted by molar-refractivity contribution is 9.10. The van der Waals surface area contributed by atoms with Crippen LogP contribution in [0, 0.1) is 5.92 Å². The summed E-state index contributed by atoms with van der Waals surface area (Å²) in [5, 5.41) is 5.83. The lowest BCUT2D eigenvalue weighted by Gasteiger charge is -2.23. The third-order valence-corrected chi connectivity index (χ3v) is 5.20. The standard InChI is InChI=1S/C13H20BrNOS/c1-3-5-15-12(10-7-9(2)16-8-10)13-11(14)4-6-17-13/h4,6,9-10,12,15H,3,5,7-8H2,1-2H3. The molecule has 0 saturated carbocycles. The number of hydrogen-bond donors (Lipinski definition) is 1. The van der Waals surface area contributed by atoms with E-state index in [1.54, 1.807) is 0 Å². The molecule has 3 atom stereocenters. The second kappa shape index (κ2) is 6.32. The highest BCUT2D eigenvalue weighted by atomic mass is 79.9. The maximum Gasteiger partial charge on any atom is 0.0551 e. The molecule has 3 unspecified atom stereocenters. The van der Waals surface area contributed by atoms with E-state index in [0.717, 1.165) is 19.6 Å². The molecular weight excluding hydrogens is 298 g/mol. The van der Waals surface area contributed by atoms with Gasteiger partial charge in [0.25, 0.3) is 0 Å². The average molecular weight is 318 g/mol. The van der Waals surface area contributed by atoms with Crippen LogP contribution >= 0.6 is 27.3 Å². The average Bonchev–Trinajstić information content (AvgIpc) is 2.90. The van der Waals surface area contributed by atoms with E-state index >= 15 is 0 Å². The molecule has 2 nitrogen and oxygen atoms in total. The SMILES string of the molecule is CCCNC(c1sccc1Br)C1COC(C)C1. The smallest absolute Gasteiger partial charge is 0.0551 e. The van der Waals surface area contributed by atoms with Crippen molar-refractivity contribution < 1.29 is 4.74 Å². The number of hydrogen-bond acceptors (Lipinski definition) is 3. The van der Waals surface area contributed by atoms with Gasteiger partial charge in [-0.3, -0.25) is 0 Å². The minimum absolute atomic E-state index is 0.407. The van der Waals surface area contributed by atoms with Gasteiger partial charge in [-0.1, -0.05) is 6.92 Å².